The molecule has 0 bridgehead atoms. The van der Waals surface area contributed by atoms with Crippen LogP contribution in [-0.2, 0) is 10.0 Å². The van der Waals surface area contributed by atoms with Gasteiger partial charge < -0.3 is 10.2 Å². The maximum absolute atomic E-state index is 11.5. The van der Waals surface area contributed by atoms with E-state index in [1.807, 2.05) is 0 Å². The van der Waals surface area contributed by atoms with Crippen molar-refractivity contribution in [2.45, 2.75) is 13.3 Å². The SMILES string of the molecule is CCCNc1ncnc(N2CCN(S(C)(=O)=O)CC2)c1Br. The molecule has 21 heavy (non-hydrogen) atoms. The molecule has 1 aromatic heterocycles. The van der Waals surface area contributed by atoms with Gasteiger partial charge in [-0.05, 0) is 22.4 Å². The minimum atomic E-state index is -3.11. The minimum Gasteiger partial charge on any atom is -0.369 e. The van der Waals surface area contributed by atoms with Crippen LogP contribution >= 0.6 is 15.9 Å². The van der Waals surface area contributed by atoms with E-state index >= 15 is 0 Å². The lowest BCUT2D eigenvalue weighted by molar-refractivity contribution is 0.386. The summed E-state index contributed by atoms with van der Waals surface area (Å²) in [6.45, 7) is 5.14. The first-order valence-corrected chi connectivity index (χ1v) is 9.52. The zero-order valence-corrected chi connectivity index (χ0v) is 14.6. The Labute approximate surface area is 133 Å². The van der Waals surface area contributed by atoms with Crippen LogP contribution in [0.3, 0.4) is 0 Å². The lowest BCUT2D eigenvalue weighted by atomic mass is 10.3. The molecule has 1 N–H and O–H groups in total. The third-order valence-corrected chi connectivity index (χ3v) is 5.35. The summed E-state index contributed by atoms with van der Waals surface area (Å²) in [4.78, 5) is 10.6. The highest BCUT2D eigenvalue weighted by Gasteiger charge is 2.25. The number of piperazine rings is 1. The monoisotopic (exact) mass is 377 g/mol. The number of anilines is 2. The summed E-state index contributed by atoms with van der Waals surface area (Å²) < 4.78 is 25.4. The van der Waals surface area contributed by atoms with Crippen molar-refractivity contribution in [1.82, 2.24) is 14.3 Å². The van der Waals surface area contributed by atoms with E-state index in [0.29, 0.717) is 26.2 Å². The van der Waals surface area contributed by atoms with Gasteiger partial charge in [0.25, 0.3) is 0 Å². The number of halogens is 1. The summed E-state index contributed by atoms with van der Waals surface area (Å²) in [5.74, 6) is 1.57. The van der Waals surface area contributed by atoms with Gasteiger partial charge in [0.05, 0.1) is 6.26 Å². The zero-order valence-electron chi connectivity index (χ0n) is 12.2. The number of nitrogens with one attached hydrogen (secondary N) is 1. The van der Waals surface area contributed by atoms with Crippen LogP contribution in [-0.4, -0.2) is 61.7 Å². The van der Waals surface area contributed by atoms with E-state index in [1.165, 1.54) is 16.9 Å². The highest BCUT2D eigenvalue weighted by atomic mass is 79.9. The molecule has 9 heteroatoms. The van der Waals surface area contributed by atoms with Gasteiger partial charge in [0, 0.05) is 32.7 Å². The predicted molar refractivity (Wildman–Crippen MR) is 87.1 cm³/mol. The van der Waals surface area contributed by atoms with Crippen LogP contribution < -0.4 is 10.2 Å². The molecule has 2 heterocycles. The van der Waals surface area contributed by atoms with E-state index < -0.39 is 10.0 Å². The van der Waals surface area contributed by atoms with Crippen molar-refractivity contribution in [3.63, 3.8) is 0 Å². The third kappa shape index (κ3) is 4.04. The summed E-state index contributed by atoms with van der Waals surface area (Å²) in [6.07, 6.45) is 3.79. The topological polar surface area (TPSA) is 78.4 Å². The van der Waals surface area contributed by atoms with E-state index in [1.54, 1.807) is 0 Å². The van der Waals surface area contributed by atoms with Crippen molar-refractivity contribution in [2.75, 3.05) is 49.2 Å². The smallest absolute Gasteiger partial charge is 0.211 e. The van der Waals surface area contributed by atoms with Gasteiger partial charge in [-0.3, -0.25) is 0 Å². The van der Waals surface area contributed by atoms with E-state index in [0.717, 1.165) is 29.1 Å². The van der Waals surface area contributed by atoms with Crippen LogP contribution in [0.5, 0.6) is 0 Å². The number of hydrogen-bond acceptors (Lipinski definition) is 6. The number of aromatic nitrogens is 2. The molecule has 1 saturated heterocycles. The summed E-state index contributed by atoms with van der Waals surface area (Å²) in [5.41, 5.74) is 0. The number of nitrogens with zero attached hydrogens (tertiary/aromatic N) is 4. The Hall–Kier alpha value is -0.930. The van der Waals surface area contributed by atoms with Gasteiger partial charge in [-0.1, -0.05) is 6.92 Å². The van der Waals surface area contributed by atoms with Crippen LogP contribution in [0, 0.1) is 0 Å². The van der Waals surface area contributed by atoms with Gasteiger partial charge in [-0.15, -0.1) is 0 Å². The lowest BCUT2D eigenvalue weighted by Crippen LogP contribution is -2.48. The van der Waals surface area contributed by atoms with E-state index in [4.69, 9.17) is 0 Å². The molecule has 1 aliphatic heterocycles. The van der Waals surface area contributed by atoms with Crippen molar-refractivity contribution in [2.24, 2.45) is 0 Å². The summed E-state index contributed by atoms with van der Waals surface area (Å²) >= 11 is 3.54. The Morgan fingerprint density at radius 2 is 1.95 bits per heavy atom. The average Bonchev–Trinajstić information content (AvgIpc) is 2.45. The standard InChI is InChI=1S/C12H20BrN5O2S/c1-3-4-14-11-10(13)12(16-9-15-11)17-5-7-18(8-6-17)21(2,19)20/h9H,3-8H2,1-2H3,(H,14,15,16). The maximum Gasteiger partial charge on any atom is 0.211 e. The second kappa shape index (κ2) is 6.89. The molecule has 0 aromatic carbocycles. The quantitative estimate of drug-likeness (QED) is 0.828. The molecule has 0 spiro atoms. The molecule has 1 aromatic rings. The van der Waals surface area contributed by atoms with Gasteiger partial charge in [0.1, 0.15) is 22.4 Å². The largest absolute Gasteiger partial charge is 0.369 e. The summed E-state index contributed by atoms with van der Waals surface area (Å²) in [7, 11) is -3.11. The van der Waals surface area contributed by atoms with Gasteiger partial charge in [-0.25, -0.2) is 18.4 Å². The van der Waals surface area contributed by atoms with Crippen molar-refractivity contribution >= 4 is 37.6 Å². The first kappa shape index (κ1) is 16.4. The average molecular weight is 378 g/mol. The molecule has 1 aliphatic rings. The number of sulfonamides is 1. The molecule has 0 unspecified atom stereocenters. The molecule has 0 atom stereocenters. The van der Waals surface area contributed by atoms with Crippen molar-refractivity contribution in [3.8, 4) is 0 Å². The Morgan fingerprint density at radius 3 is 2.52 bits per heavy atom. The van der Waals surface area contributed by atoms with Gasteiger partial charge >= 0.3 is 0 Å². The highest BCUT2D eigenvalue weighted by molar-refractivity contribution is 9.10. The first-order valence-electron chi connectivity index (χ1n) is 6.88. The van der Waals surface area contributed by atoms with E-state index in [2.05, 4.69) is 43.0 Å². The third-order valence-electron chi connectivity index (χ3n) is 3.32. The number of rotatable bonds is 5. The predicted octanol–water partition coefficient (Wildman–Crippen LogP) is 1.14. The fourth-order valence-electron chi connectivity index (χ4n) is 2.18. The van der Waals surface area contributed by atoms with Crippen molar-refractivity contribution in [3.05, 3.63) is 10.8 Å². The van der Waals surface area contributed by atoms with Crippen LogP contribution in [0.1, 0.15) is 13.3 Å². The lowest BCUT2D eigenvalue weighted by Gasteiger charge is -2.34. The maximum atomic E-state index is 11.5. The number of hydrogen-bond donors (Lipinski definition) is 1. The molecule has 0 aliphatic carbocycles. The zero-order chi connectivity index (χ0) is 15.5. The molecule has 0 amide bonds. The van der Waals surface area contributed by atoms with Gasteiger partial charge in [0.15, 0.2) is 0 Å². The van der Waals surface area contributed by atoms with Crippen molar-refractivity contribution in [1.29, 1.82) is 0 Å². The van der Waals surface area contributed by atoms with Crippen molar-refractivity contribution < 1.29 is 8.42 Å². The molecular formula is C12H20BrN5O2S. The van der Waals surface area contributed by atoms with Crippen LogP contribution in [0.4, 0.5) is 11.6 Å². The molecule has 0 radical (unpaired) electrons. The molecule has 2 rings (SSSR count). The Kier molecular flexibility index (Phi) is 5.39. The van der Waals surface area contributed by atoms with Crippen LogP contribution in [0.15, 0.2) is 10.8 Å². The van der Waals surface area contributed by atoms with E-state index in [-0.39, 0.29) is 0 Å². The molecule has 118 valence electrons. The fourth-order valence-corrected chi connectivity index (χ4v) is 3.60. The minimum absolute atomic E-state index is 0.479. The molecule has 0 saturated carbocycles. The second-order valence-electron chi connectivity index (χ2n) is 4.94. The Morgan fingerprint density at radius 1 is 1.29 bits per heavy atom. The van der Waals surface area contributed by atoms with E-state index in [9.17, 15) is 8.42 Å². The highest BCUT2D eigenvalue weighted by Crippen LogP contribution is 2.30. The molecule has 7 nitrogen and oxygen atoms in total. The molecular weight excluding hydrogens is 358 g/mol. The summed E-state index contributed by atoms with van der Waals surface area (Å²) in [5, 5.41) is 3.24. The Bertz CT molecular complexity index is 587. The van der Waals surface area contributed by atoms with Crippen LogP contribution in [0.2, 0.25) is 0 Å². The first-order chi connectivity index (χ1) is 9.93. The van der Waals surface area contributed by atoms with Crippen LogP contribution in [0.25, 0.3) is 0 Å². The van der Waals surface area contributed by atoms with Gasteiger partial charge in [0.2, 0.25) is 10.0 Å². The van der Waals surface area contributed by atoms with Gasteiger partial charge in [-0.2, -0.15) is 4.31 Å². The second-order valence-corrected chi connectivity index (χ2v) is 7.71. The Balaban J connectivity index is 2.10. The fraction of sp³-hybridized carbons (Fsp3) is 0.667. The normalized spacial score (nSPS) is 17.0. The molecule has 1 fully saturated rings. The summed E-state index contributed by atoms with van der Waals surface area (Å²) in [6, 6.07) is 0.